The Balaban J connectivity index is 1.49. The van der Waals surface area contributed by atoms with E-state index in [-0.39, 0.29) is 4.90 Å². The number of nitrogens with zero attached hydrogens (tertiary/aromatic N) is 4. The smallest absolute Gasteiger partial charge is 0.244 e. The van der Waals surface area contributed by atoms with Crippen molar-refractivity contribution in [3.05, 3.63) is 60.0 Å². The highest BCUT2D eigenvalue weighted by Gasteiger charge is 2.26. The SMILES string of the molecule is N#Cc1c(CSc2ccc(S(=O)(=O)N3CCOCC3)cn2)cn2ccccc12. The standard InChI is InChI=1S/C19H18N4O3S2/c20-11-17-15(13-22-6-2-1-3-18(17)22)14-27-19-5-4-16(12-21-19)28(24,25)23-7-9-26-10-8-23/h1-6,12-13H,7-10,14H2. The first-order valence-corrected chi connectivity index (χ1v) is 11.2. The van der Waals surface area contributed by atoms with Crippen LogP contribution < -0.4 is 0 Å². The van der Waals surface area contributed by atoms with Crippen LogP contribution in [0, 0.1) is 11.3 Å². The van der Waals surface area contributed by atoms with Crippen molar-refractivity contribution in [1.82, 2.24) is 13.7 Å². The molecular weight excluding hydrogens is 396 g/mol. The number of pyridine rings is 2. The van der Waals surface area contributed by atoms with E-state index in [0.29, 0.717) is 42.6 Å². The molecule has 0 amide bonds. The van der Waals surface area contributed by atoms with Crippen LogP contribution in [0.2, 0.25) is 0 Å². The molecule has 0 aromatic carbocycles. The average molecular weight is 415 g/mol. The molecule has 1 fully saturated rings. The van der Waals surface area contributed by atoms with Crippen LogP contribution in [0.3, 0.4) is 0 Å². The summed E-state index contributed by atoms with van der Waals surface area (Å²) in [5.74, 6) is 0.577. The van der Waals surface area contributed by atoms with Crippen LogP contribution in [-0.4, -0.2) is 48.4 Å². The quantitative estimate of drug-likeness (QED) is 0.596. The van der Waals surface area contributed by atoms with E-state index in [0.717, 1.165) is 11.1 Å². The second-order valence-corrected chi connectivity index (χ2v) is 9.21. The van der Waals surface area contributed by atoms with E-state index in [1.165, 1.54) is 22.3 Å². The maximum absolute atomic E-state index is 12.6. The fraction of sp³-hybridized carbons (Fsp3) is 0.263. The van der Waals surface area contributed by atoms with Gasteiger partial charge in [0.15, 0.2) is 0 Å². The summed E-state index contributed by atoms with van der Waals surface area (Å²) in [6, 6.07) is 11.3. The second kappa shape index (κ2) is 7.93. The van der Waals surface area contributed by atoms with Crippen molar-refractivity contribution in [2.75, 3.05) is 26.3 Å². The largest absolute Gasteiger partial charge is 0.379 e. The lowest BCUT2D eigenvalue weighted by Crippen LogP contribution is -2.40. The van der Waals surface area contributed by atoms with Gasteiger partial charge in [0, 0.05) is 37.4 Å². The summed E-state index contributed by atoms with van der Waals surface area (Å²) < 4.78 is 33.9. The van der Waals surface area contributed by atoms with Crippen LogP contribution in [0.1, 0.15) is 11.1 Å². The predicted octanol–water partition coefficient (Wildman–Crippen LogP) is 2.52. The molecule has 4 heterocycles. The zero-order valence-corrected chi connectivity index (χ0v) is 16.6. The number of nitriles is 1. The lowest BCUT2D eigenvalue weighted by molar-refractivity contribution is 0.0730. The highest BCUT2D eigenvalue weighted by molar-refractivity contribution is 7.98. The van der Waals surface area contributed by atoms with E-state index < -0.39 is 10.0 Å². The third-order valence-corrected chi connectivity index (χ3v) is 7.44. The lowest BCUT2D eigenvalue weighted by atomic mass is 10.2. The Kier molecular flexibility index (Phi) is 5.37. The van der Waals surface area contributed by atoms with Gasteiger partial charge in [0.2, 0.25) is 10.0 Å². The van der Waals surface area contributed by atoms with Gasteiger partial charge in [-0.3, -0.25) is 0 Å². The van der Waals surface area contributed by atoms with Gasteiger partial charge in [-0.25, -0.2) is 13.4 Å². The highest BCUT2D eigenvalue weighted by Crippen LogP contribution is 2.27. The number of hydrogen-bond acceptors (Lipinski definition) is 6. The molecule has 0 N–H and O–H groups in total. The van der Waals surface area contributed by atoms with E-state index in [2.05, 4.69) is 11.1 Å². The molecule has 0 spiro atoms. The lowest BCUT2D eigenvalue weighted by Gasteiger charge is -2.25. The monoisotopic (exact) mass is 414 g/mol. The van der Waals surface area contributed by atoms with Gasteiger partial charge in [0.1, 0.15) is 11.0 Å². The zero-order chi connectivity index (χ0) is 19.6. The maximum Gasteiger partial charge on any atom is 0.244 e. The maximum atomic E-state index is 12.6. The molecule has 0 radical (unpaired) electrons. The van der Waals surface area contributed by atoms with Gasteiger partial charge in [-0.15, -0.1) is 11.8 Å². The topological polar surface area (TPSA) is 87.7 Å². The molecule has 4 rings (SSSR count). The first-order chi connectivity index (χ1) is 13.6. The van der Waals surface area contributed by atoms with E-state index in [9.17, 15) is 13.7 Å². The summed E-state index contributed by atoms with van der Waals surface area (Å²) >= 11 is 1.47. The Bertz CT molecular complexity index is 1130. The van der Waals surface area contributed by atoms with Crippen LogP contribution in [0.15, 0.2) is 58.8 Å². The second-order valence-electron chi connectivity index (χ2n) is 6.27. The minimum atomic E-state index is -3.54. The predicted molar refractivity (Wildman–Crippen MR) is 105 cm³/mol. The van der Waals surface area contributed by atoms with Crippen molar-refractivity contribution in [2.45, 2.75) is 15.7 Å². The van der Waals surface area contributed by atoms with Crippen LogP contribution in [0.5, 0.6) is 0 Å². The summed E-state index contributed by atoms with van der Waals surface area (Å²) in [6.45, 7) is 1.54. The number of ether oxygens (including phenoxy) is 1. The van der Waals surface area contributed by atoms with E-state index in [1.807, 2.05) is 35.0 Å². The summed E-state index contributed by atoms with van der Waals surface area (Å²) in [5, 5.41) is 10.2. The zero-order valence-electron chi connectivity index (χ0n) is 15.0. The normalized spacial score (nSPS) is 15.5. The van der Waals surface area contributed by atoms with Gasteiger partial charge < -0.3 is 9.14 Å². The van der Waals surface area contributed by atoms with E-state index >= 15 is 0 Å². The van der Waals surface area contributed by atoms with Gasteiger partial charge >= 0.3 is 0 Å². The average Bonchev–Trinajstić information content (AvgIpc) is 3.10. The number of sulfonamides is 1. The summed E-state index contributed by atoms with van der Waals surface area (Å²) in [7, 11) is -3.54. The molecule has 1 saturated heterocycles. The number of rotatable bonds is 5. The van der Waals surface area contributed by atoms with Crippen molar-refractivity contribution in [3.63, 3.8) is 0 Å². The molecule has 7 nitrogen and oxygen atoms in total. The molecular formula is C19H18N4O3S2. The van der Waals surface area contributed by atoms with Crippen LogP contribution in [0.4, 0.5) is 0 Å². The van der Waals surface area contributed by atoms with Gasteiger partial charge in [-0.05, 0) is 29.8 Å². The highest BCUT2D eigenvalue weighted by atomic mass is 32.2. The van der Waals surface area contributed by atoms with Crippen LogP contribution >= 0.6 is 11.8 Å². The van der Waals surface area contributed by atoms with E-state index in [4.69, 9.17) is 4.74 Å². The fourth-order valence-corrected chi connectivity index (χ4v) is 5.28. The first-order valence-electron chi connectivity index (χ1n) is 8.75. The minimum Gasteiger partial charge on any atom is -0.379 e. The van der Waals surface area contributed by atoms with Crippen LogP contribution in [0.25, 0.3) is 5.52 Å². The molecule has 28 heavy (non-hydrogen) atoms. The number of fused-ring (bicyclic) bond motifs is 1. The van der Waals surface area contributed by atoms with Crippen molar-refractivity contribution in [1.29, 1.82) is 5.26 Å². The molecule has 1 aliphatic heterocycles. The Morgan fingerprint density at radius 2 is 2.04 bits per heavy atom. The summed E-state index contributed by atoms with van der Waals surface area (Å²) in [4.78, 5) is 4.49. The molecule has 1 aliphatic rings. The van der Waals surface area contributed by atoms with Gasteiger partial charge in [-0.1, -0.05) is 6.07 Å². The molecule has 0 bridgehead atoms. The summed E-state index contributed by atoms with van der Waals surface area (Å²) in [5.41, 5.74) is 2.45. The third kappa shape index (κ3) is 3.64. The van der Waals surface area contributed by atoms with Crippen molar-refractivity contribution >= 4 is 27.3 Å². The van der Waals surface area contributed by atoms with Gasteiger partial charge in [-0.2, -0.15) is 9.57 Å². The molecule has 144 valence electrons. The number of hydrogen-bond donors (Lipinski definition) is 0. The molecule has 0 saturated carbocycles. The van der Waals surface area contributed by atoms with Crippen LogP contribution in [-0.2, 0) is 20.5 Å². The third-order valence-electron chi connectivity index (χ3n) is 4.57. The molecule has 9 heteroatoms. The molecule has 3 aromatic rings. The van der Waals surface area contributed by atoms with Gasteiger partial charge in [0.25, 0.3) is 0 Å². The van der Waals surface area contributed by atoms with Crippen molar-refractivity contribution in [2.24, 2.45) is 0 Å². The van der Waals surface area contributed by atoms with E-state index in [1.54, 1.807) is 12.1 Å². The molecule has 0 unspecified atom stereocenters. The minimum absolute atomic E-state index is 0.186. The van der Waals surface area contributed by atoms with Gasteiger partial charge in [0.05, 0.1) is 29.3 Å². The summed E-state index contributed by atoms with van der Waals surface area (Å²) in [6.07, 6.45) is 5.25. The number of aromatic nitrogens is 2. The number of morpholine rings is 1. The molecule has 0 atom stereocenters. The van der Waals surface area contributed by atoms with Crippen molar-refractivity contribution < 1.29 is 13.2 Å². The Morgan fingerprint density at radius 1 is 1.21 bits per heavy atom. The molecule has 0 aliphatic carbocycles. The first kappa shape index (κ1) is 19.0. The Labute approximate surface area is 167 Å². The Hall–Kier alpha value is -2.38. The van der Waals surface area contributed by atoms with Crippen molar-refractivity contribution in [3.8, 4) is 6.07 Å². The fourth-order valence-electron chi connectivity index (χ4n) is 3.11. The Morgan fingerprint density at radius 3 is 2.75 bits per heavy atom. The molecule has 3 aromatic heterocycles. The number of thioether (sulfide) groups is 1.